The molecule has 1 aromatic heterocycles. The van der Waals surface area contributed by atoms with E-state index in [1.807, 2.05) is 4.90 Å². The van der Waals surface area contributed by atoms with Crippen molar-refractivity contribution in [2.75, 3.05) is 32.8 Å². The van der Waals surface area contributed by atoms with Crippen LogP contribution in [0.1, 0.15) is 24.4 Å². The Hall–Kier alpha value is -2.88. The van der Waals surface area contributed by atoms with Gasteiger partial charge in [0, 0.05) is 30.0 Å². The van der Waals surface area contributed by atoms with Crippen molar-refractivity contribution in [1.82, 2.24) is 10.2 Å². The van der Waals surface area contributed by atoms with Gasteiger partial charge in [-0.25, -0.2) is 0 Å². The average Bonchev–Trinajstić information content (AvgIpc) is 3.25. The summed E-state index contributed by atoms with van der Waals surface area (Å²) < 4.78 is 46.7. The quantitative estimate of drug-likeness (QED) is 0.501. The number of ether oxygens (including phenoxy) is 2. The van der Waals surface area contributed by atoms with E-state index in [1.54, 1.807) is 18.2 Å². The minimum absolute atomic E-state index is 0.194. The number of furan rings is 1. The molecule has 0 radical (unpaired) electrons. The Bertz CT molecular complexity index is 1240. The van der Waals surface area contributed by atoms with Crippen LogP contribution in [0.15, 0.2) is 46.9 Å². The third-order valence-electron chi connectivity index (χ3n) is 6.27. The first kappa shape index (κ1) is 23.8. The first-order valence-electron chi connectivity index (χ1n) is 11.4. The fraction of sp³-hybridized carbons (Fsp3) is 0.400. The molecule has 0 spiro atoms. The van der Waals surface area contributed by atoms with Gasteiger partial charge >= 0.3 is 5.92 Å². The highest BCUT2D eigenvalue weighted by atomic mass is 35.5. The minimum atomic E-state index is -3.96. The van der Waals surface area contributed by atoms with Crippen molar-refractivity contribution in [1.29, 1.82) is 0 Å². The number of nitrogens with one attached hydrogen (secondary N) is 1. The molecule has 0 saturated carbocycles. The van der Waals surface area contributed by atoms with E-state index in [0.29, 0.717) is 46.6 Å². The second kappa shape index (κ2) is 9.29. The molecule has 35 heavy (non-hydrogen) atoms. The van der Waals surface area contributed by atoms with Gasteiger partial charge in [-0.3, -0.25) is 4.79 Å². The number of nitrogens with zero attached hydrogens (tertiary/aromatic N) is 1. The van der Waals surface area contributed by atoms with Crippen molar-refractivity contribution in [3.05, 3.63) is 58.8 Å². The molecular weight excluding hydrogens is 482 g/mol. The monoisotopic (exact) mass is 506 g/mol. The molecule has 2 aliphatic rings. The number of rotatable bonds is 7. The number of aliphatic hydroxyl groups is 1. The Morgan fingerprint density at radius 1 is 1.17 bits per heavy atom. The zero-order chi connectivity index (χ0) is 24.7. The Labute approximate surface area is 205 Å². The Morgan fingerprint density at radius 3 is 2.66 bits per heavy atom. The molecule has 2 atom stereocenters. The lowest BCUT2D eigenvalue weighted by molar-refractivity contribution is -0.151. The van der Waals surface area contributed by atoms with E-state index < -0.39 is 29.7 Å². The number of benzene rings is 2. The van der Waals surface area contributed by atoms with Crippen LogP contribution in [-0.4, -0.2) is 54.8 Å². The highest BCUT2D eigenvalue weighted by Crippen LogP contribution is 2.36. The summed E-state index contributed by atoms with van der Waals surface area (Å²) in [6, 6.07) is 9.47. The highest BCUT2D eigenvalue weighted by molar-refractivity contribution is 6.31. The van der Waals surface area contributed by atoms with Crippen LogP contribution in [0.3, 0.4) is 0 Å². The van der Waals surface area contributed by atoms with Crippen LogP contribution in [0.4, 0.5) is 8.78 Å². The Kier molecular flexibility index (Phi) is 6.33. The van der Waals surface area contributed by atoms with Crippen LogP contribution in [0, 0.1) is 5.92 Å². The van der Waals surface area contributed by atoms with Crippen molar-refractivity contribution in [3.8, 4) is 11.5 Å². The van der Waals surface area contributed by atoms with Gasteiger partial charge in [0.25, 0.3) is 5.91 Å². The number of aliphatic hydroxyl groups excluding tert-OH is 1. The van der Waals surface area contributed by atoms with Gasteiger partial charge in [-0.2, -0.15) is 8.78 Å². The van der Waals surface area contributed by atoms with Crippen LogP contribution in [0.5, 0.6) is 11.5 Å². The topological polar surface area (TPSA) is 84.2 Å². The SMILES string of the molecule is CC1CN(CC(NC(=O)C(F)(F)c2cc3cc(Cl)ccc3o2)C(O)c2ccc3c(c2)OCCO3)C1. The fourth-order valence-electron chi connectivity index (χ4n) is 4.50. The molecule has 3 heterocycles. The summed E-state index contributed by atoms with van der Waals surface area (Å²) in [5.41, 5.74) is 0.620. The maximum atomic E-state index is 15.2. The first-order chi connectivity index (χ1) is 16.7. The van der Waals surface area contributed by atoms with Crippen LogP contribution in [0.2, 0.25) is 5.02 Å². The summed E-state index contributed by atoms with van der Waals surface area (Å²) in [5, 5.41) is 14.2. The predicted octanol–water partition coefficient (Wildman–Crippen LogP) is 4.12. The zero-order valence-electron chi connectivity index (χ0n) is 19.0. The number of halogens is 3. The van der Waals surface area contributed by atoms with E-state index in [0.717, 1.165) is 19.2 Å². The van der Waals surface area contributed by atoms with E-state index in [4.69, 9.17) is 25.5 Å². The van der Waals surface area contributed by atoms with E-state index in [1.165, 1.54) is 18.2 Å². The van der Waals surface area contributed by atoms with Crippen LogP contribution in [0.25, 0.3) is 11.0 Å². The van der Waals surface area contributed by atoms with Gasteiger partial charge in [0.15, 0.2) is 17.3 Å². The van der Waals surface area contributed by atoms with Gasteiger partial charge in [0.05, 0.1) is 6.04 Å². The van der Waals surface area contributed by atoms with Crippen molar-refractivity contribution in [2.45, 2.75) is 25.0 Å². The molecule has 1 amide bonds. The molecule has 2 aliphatic heterocycles. The molecule has 7 nitrogen and oxygen atoms in total. The van der Waals surface area contributed by atoms with Gasteiger partial charge in [0.1, 0.15) is 24.9 Å². The summed E-state index contributed by atoms with van der Waals surface area (Å²) in [7, 11) is 0. The number of alkyl halides is 2. The molecule has 2 N–H and O–H groups in total. The number of hydrogen-bond donors (Lipinski definition) is 2. The van der Waals surface area contributed by atoms with Crippen molar-refractivity contribution >= 4 is 28.5 Å². The van der Waals surface area contributed by atoms with Gasteiger partial charge in [-0.05, 0) is 47.9 Å². The third kappa shape index (κ3) is 4.80. The normalized spacial score (nSPS) is 18.2. The standard InChI is InChI=1S/C25H25ClF2N2O5/c1-14-11-30(12-14)13-18(23(31)15-2-4-20-21(9-15)34-7-6-33-20)29-24(32)25(27,28)22-10-16-8-17(26)3-5-19(16)35-22/h2-5,8-10,14,18,23,31H,6-7,11-13H2,1H3,(H,29,32). The lowest BCUT2D eigenvalue weighted by atomic mass is 9.97. The number of carbonyl (C=O) groups is 1. The summed E-state index contributed by atoms with van der Waals surface area (Å²) in [5.74, 6) is -4.85. The van der Waals surface area contributed by atoms with Gasteiger partial charge in [-0.15, -0.1) is 0 Å². The maximum absolute atomic E-state index is 15.2. The number of likely N-dealkylation sites (tertiary alicyclic amines) is 1. The van der Waals surface area contributed by atoms with Crippen molar-refractivity contribution < 1.29 is 32.6 Å². The van der Waals surface area contributed by atoms with Crippen LogP contribution >= 0.6 is 11.6 Å². The maximum Gasteiger partial charge on any atom is 0.380 e. The van der Waals surface area contributed by atoms with Crippen molar-refractivity contribution in [2.24, 2.45) is 5.92 Å². The van der Waals surface area contributed by atoms with Gasteiger partial charge in [0.2, 0.25) is 0 Å². The summed E-state index contributed by atoms with van der Waals surface area (Å²) in [4.78, 5) is 14.8. The van der Waals surface area contributed by atoms with E-state index in [-0.39, 0.29) is 12.1 Å². The largest absolute Gasteiger partial charge is 0.486 e. The van der Waals surface area contributed by atoms with Gasteiger partial charge in [-0.1, -0.05) is 24.6 Å². The van der Waals surface area contributed by atoms with E-state index >= 15 is 8.78 Å². The minimum Gasteiger partial charge on any atom is -0.486 e. The van der Waals surface area contributed by atoms with E-state index in [2.05, 4.69) is 12.2 Å². The molecule has 1 saturated heterocycles. The molecule has 2 aromatic carbocycles. The summed E-state index contributed by atoms with van der Waals surface area (Å²) in [6.45, 7) is 4.57. The molecule has 0 bridgehead atoms. The second-order valence-electron chi connectivity index (χ2n) is 9.12. The summed E-state index contributed by atoms with van der Waals surface area (Å²) in [6.07, 6.45) is -1.25. The second-order valence-corrected chi connectivity index (χ2v) is 9.56. The number of fused-ring (bicyclic) bond motifs is 2. The van der Waals surface area contributed by atoms with Crippen LogP contribution in [-0.2, 0) is 10.7 Å². The number of amides is 1. The zero-order valence-corrected chi connectivity index (χ0v) is 19.7. The summed E-state index contributed by atoms with van der Waals surface area (Å²) >= 11 is 5.93. The molecular formula is C25H25ClF2N2O5. The van der Waals surface area contributed by atoms with Gasteiger partial charge < -0.3 is 29.2 Å². The lowest BCUT2D eigenvalue weighted by Gasteiger charge is -2.40. The highest BCUT2D eigenvalue weighted by Gasteiger charge is 2.46. The first-order valence-corrected chi connectivity index (χ1v) is 11.8. The van der Waals surface area contributed by atoms with Crippen LogP contribution < -0.4 is 14.8 Å². The van der Waals surface area contributed by atoms with Crippen molar-refractivity contribution in [3.63, 3.8) is 0 Å². The van der Waals surface area contributed by atoms with E-state index in [9.17, 15) is 9.90 Å². The number of hydrogen-bond acceptors (Lipinski definition) is 6. The molecule has 2 unspecified atom stereocenters. The fourth-order valence-corrected chi connectivity index (χ4v) is 4.68. The Balaban J connectivity index is 1.38. The molecule has 3 aromatic rings. The molecule has 10 heteroatoms. The Morgan fingerprint density at radius 2 is 1.91 bits per heavy atom. The molecule has 5 rings (SSSR count). The number of carbonyl (C=O) groups excluding carboxylic acids is 1. The molecule has 1 fully saturated rings. The molecule has 186 valence electrons. The molecule has 0 aliphatic carbocycles. The smallest absolute Gasteiger partial charge is 0.380 e. The lowest BCUT2D eigenvalue weighted by Crippen LogP contribution is -2.55. The third-order valence-corrected chi connectivity index (χ3v) is 6.51. The predicted molar refractivity (Wildman–Crippen MR) is 125 cm³/mol. The average molecular weight is 507 g/mol.